The molecule has 0 radical (unpaired) electrons. The molecule has 4 heteroatoms. The molecule has 92 valence electrons. The van der Waals surface area contributed by atoms with Crippen LogP contribution in [-0.4, -0.2) is 11.3 Å². The zero-order valence-corrected chi connectivity index (χ0v) is 11.5. The fourth-order valence-corrected chi connectivity index (χ4v) is 2.64. The van der Waals surface area contributed by atoms with E-state index in [0.717, 1.165) is 34.9 Å². The Morgan fingerprint density at radius 3 is 2.76 bits per heavy atom. The number of benzene rings is 1. The van der Waals surface area contributed by atoms with Crippen molar-refractivity contribution >= 4 is 23.4 Å². The molecule has 0 amide bonds. The fourth-order valence-electron chi connectivity index (χ4n) is 1.39. The summed E-state index contributed by atoms with van der Waals surface area (Å²) in [4.78, 5) is 1.12. The first-order chi connectivity index (χ1) is 8.05. The minimum absolute atomic E-state index is 0.685. The summed E-state index contributed by atoms with van der Waals surface area (Å²) in [6, 6.07) is 9.95. The van der Waals surface area contributed by atoms with Crippen molar-refractivity contribution in [1.82, 2.24) is 0 Å². The van der Waals surface area contributed by atoms with Crippen LogP contribution in [0.15, 0.2) is 29.2 Å². The Hall–Kier alpha value is -0.690. The Morgan fingerprint density at radius 2 is 2.12 bits per heavy atom. The number of nitriles is 1. The third-order valence-electron chi connectivity index (χ3n) is 2.44. The first-order valence-electron chi connectivity index (χ1n) is 5.62. The number of unbranched alkanes of at least 4 members (excludes halogenated alkanes) is 1. The molecule has 1 aromatic rings. The van der Waals surface area contributed by atoms with E-state index in [4.69, 9.17) is 22.6 Å². The van der Waals surface area contributed by atoms with Gasteiger partial charge in [0.25, 0.3) is 0 Å². The van der Waals surface area contributed by atoms with E-state index in [2.05, 4.69) is 6.07 Å². The molecule has 0 spiro atoms. The van der Waals surface area contributed by atoms with Crippen molar-refractivity contribution in [3.05, 3.63) is 29.3 Å². The summed E-state index contributed by atoms with van der Waals surface area (Å²) in [7, 11) is 0. The summed E-state index contributed by atoms with van der Waals surface area (Å²) < 4.78 is 0. The number of halogens is 1. The Bertz CT molecular complexity index is 399. The largest absolute Gasteiger partial charge is 0.314 e. The van der Waals surface area contributed by atoms with Gasteiger partial charge in [-0.05, 0) is 44.1 Å². The van der Waals surface area contributed by atoms with Crippen LogP contribution in [0.25, 0.3) is 0 Å². The molecule has 2 N–H and O–H groups in total. The second-order valence-corrected chi connectivity index (χ2v) is 5.81. The molecular weight excluding hydrogens is 252 g/mol. The van der Waals surface area contributed by atoms with Gasteiger partial charge in [-0.25, -0.2) is 0 Å². The van der Waals surface area contributed by atoms with Gasteiger partial charge in [-0.1, -0.05) is 23.7 Å². The van der Waals surface area contributed by atoms with E-state index < -0.39 is 5.54 Å². The van der Waals surface area contributed by atoms with Crippen LogP contribution < -0.4 is 5.73 Å². The number of rotatable bonds is 6. The highest BCUT2D eigenvalue weighted by atomic mass is 35.5. The average molecular weight is 269 g/mol. The van der Waals surface area contributed by atoms with E-state index in [-0.39, 0.29) is 0 Å². The van der Waals surface area contributed by atoms with Gasteiger partial charge >= 0.3 is 0 Å². The van der Waals surface area contributed by atoms with Crippen LogP contribution in [0.4, 0.5) is 0 Å². The van der Waals surface area contributed by atoms with Crippen molar-refractivity contribution < 1.29 is 0 Å². The highest BCUT2D eigenvalue weighted by molar-refractivity contribution is 7.99. The van der Waals surface area contributed by atoms with E-state index in [1.54, 1.807) is 18.7 Å². The summed E-state index contributed by atoms with van der Waals surface area (Å²) in [5, 5.41) is 9.57. The molecule has 0 heterocycles. The van der Waals surface area contributed by atoms with Crippen LogP contribution in [-0.2, 0) is 0 Å². The maximum atomic E-state index is 8.77. The summed E-state index contributed by atoms with van der Waals surface area (Å²) in [6.07, 6.45) is 2.76. The normalized spacial score (nSPS) is 14.0. The second-order valence-electron chi connectivity index (χ2n) is 4.27. The molecule has 0 aliphatic heterocycles. The van der Waals surface area contributed by atoms with Crippen molar-refractivity contribution in [3.63, 3.8) is 0 Å². The fraction of sp³-hybridized carbons (Fsp3) is 0.462. The van der Waals surface area contributed by atoms with Crippen molar-refractivity contribution in [2.24, 2.45) is 5.73 Å². The van der Waals surface area contributed by atoms with E-state index in [0.29, 0.717) is 0 Å². The maximum absolute atomic E-state index is 8.77. The van der Waals surface area contributed by atoms with Crippen LogP contribution >= 0.6 is 23.4 Å². The third kappa shape index (κ3) is 5.45. The monoisotopic (exact) mass is 268 g/mol. The van der Waals surface area contributed by atoms with Crippen LogP contribution in [0.3, 0.4) is 0 Å². The highest BCUT2D eigenvalue weighted by Crippen LogP contribution is 2.27. The smallest absolute Gasteiger partial charge is 0.101 e. The number of nitrogens with two attached hydrogens (primary N) is 1. The van der Waals surface area contributed by atoms with Gasteiger partial charge in [0, 0.05) is 4.90 Å². The molecule has 1 rings (SSSR count). The molecule has 17 heavy (non-hydrogen) atoms. The Balaban J connectivity index is 2.22. The van der Waals surface area contributed by atoms with Crippen molar-refractivity contribution in [2.45, 2.75) is 36.6 Å². The summed E-state index contributed by atoms with van der Waals surface area (Å²) in [6.45, 7) is 1.77. The number of nitrogens with zero attached hydrogens (tertiary/aromatic N) is 1. The summed E-state index contributed by atoms with van der Waals surface area (Å²) >= 11 is 7.80. The molecule has 1 aromatic carbocycles. The van der Waals surface area contributed by atoms with E-state index >= 15 is 0 Å². The molecule has 0 saturated carbocycles. The SMILES string of the molecule is CC(N)(C#N)CCCCSc1ccccc1Cl. The van der Waals surface area contributed by atoms with Gasteiger partial charge in [-0.3, -0.25) is 0 Å². The minimum Gasteiger partial charge on any atom is -0.314 e. The Kier molecular flexibility index (Phi) is 5.84. The van der Waals surface area contributed by atoms with E-state index in [1.165, 1.54) is 0 Å². The predicted molar refractivity (Wildman–Crippen MR) is 74.2 cm³/mol. The Labute approximate surface area is 112 Å². The van der Waals surface area contributed by atoms with Gasteiger partial charge in [0.05, 0.1) is 11.1 Å². The lowest BCUT2D eigenvalue weighted by atomic mass is 9.99. The molecule has 0 aromatic heterocycles. The first-order valence-corrected chi connectivity index (χ1v) is 6.99. The molecule has 0 fully saturated rings. The molecule has 1 unspecified atom stereocenters. The number of thioether (sulfide) groups is 1. The first kappa shape index (κ1) is 14.4. The third-order valence-corrected chi connectivity index (χ3v) is 4.04. The number of hydrogen-bond acceptors (Lipinski definition) is 3. The van der Waals surface area contributed by atoms with Gasteiger partial charge < -0.3 is 5.73 Å². The van der Waals surface area contributed by atoms with Gasteiger partial charge in [-0.15, -0.1) is 11.8 Å². The van der Waals surface area contributed by atoms with Crippen LogP contribution in [0, 0.1) is 11.3 Å². The zero-order chi connectivity index (χ0) is 12.7. The molecule has 1 atom stereocenters. The van der Waals surface area contributed by atoms with Crippen LogP contribution in [0.1, 0.15) is 26.2 Å². The van der Waals surface area contributed by atoms with E-state index in [1.807, 2.05) is 24.3 Å². The number of hydrogen-bond donors (Lipinski definition) is 1. The lowest BCUT2D eigenvalue weighted by Gasteiger charge is -2.14. The molecule has 0 saturated heterocycles. The average Bonchev–Trinajstić information content (AvgIpc) is 2.31. The Morgan fingerprint density at radius 1 is 1.41 bits per heavy atom. The van der Waals surface area contributed by atoms with Crippen molar-refractivity contribution in [1.29, 1.82) is 5.26 Å². The van der Waals surface area contributed by atoms with Crippen molar-refractivity contribution in [2.75, 3.05) is 5.75 Å². The molecular formula is C13H17ClN2S. The molecule has 0 aliphatic rings. The van der Waals surface area contributed by atoms with Crippen LogP contribution in [0.2, 0.25) is 5.02 Å². The van der Waals surface area contributed by atoms with Gasteiger partial charge in [0.2, 0.25) is 0 Å². The van der Waals surface area contributed by atoms with Gasteiger partial charge in [-0.2, -0.15) is 5.26 Å². The quantitative estimate of drug-likeness (QED) is 0.630. The summed E-state index contributed by atoms with van der Waals surface area (Å²) in [5.74, 6) is 1.01. The van der Waals surface area contributed by atoms with Gasteiger partial charge in [0.1, 0.15) is 5.54 Å². The van der Waals surface area contributed by atoms with Crippen molar-refractivity contribution in [3.8, 4) is 6.07 Å². The topological polar surface area (TPSA) is 49.8 Å². The zero-order valence-electron chi connectivity index (χ0n) is 9.95. The predicted octanol–water partition coefficient (Wildman–Crippen LogP) is 3.84. The second kappa shape index (κ2) is 6.90. The molecule has 2 nitrogen and oxygen atoms in total. The molecule has 0 aliphatic carbocycles. The molecule has 0 bridgehead atoms. The van der Waals surface area contributed by atoms with E-state index in [9.17, 15) is 0 Å². The summed E-state index contributed by atoms with van der Waals surface area (Å²) in [5.41, 5.74) is 5.06. The minimum atomic E-state index is -0.685. The maximum Gasteiger partial charge on any atom is 0.101 e. The standard InChI is InChI=1S/C13H17ClN2S/c1-13(16,10-15)8-4-5-9-17-12-7-3-2-6-11(12)14/h2-3,6-7H,4-5,8-9,16H2,1H3. The van der Waals surface area contributed by atoms with Crippen LogP contribution in [0.5, 0.6) is 0 Å². The lowest BCUT2D eigenvalue weighted by molar-refractivity contribution is 0.519. The highest BCUT2D eigenvalue weighted by Gasteiger charge is 2.15. The lowest BCUT2D eigenvalue weighted by Crippen LogP contribution is -2.33. The van der Waals surface area contributed by atoms with Gasteiger partial charge in [0.15, 0.2) is 0 Å².